The van der Waals surface area contributed by atoms with Gasteiger partial charge in [0.1, 0.15) is 17.2 Å². The van der Waals surface area contributed by atoms with E-state index in [0.717, 1.165) is 48.2 Å². The highest BCUT2D eigenvalue weighted by Crippen LogP contribution is 2.31. The summed E-state index contributed by atoms with van der Waals surface area (Å²) in [6.45, 7) is 4.20. The molecule has 0 aliphatic heterocycles. The van der Waals surface area contributed by atoms with Crippen LogP contribution in [-0.2, 0) is 6.42 Å². The standard InChI is InChI=1S/C20H25NO2/c1-15-7-10-18(22-2)13-20(15)23-19-6-4-3-5-17(19)11-12-21-14-16-8-9-16/h3-7,10,13,16,21H,8-9,11-12,14H2,1-2H3. The van der Waals surface area contributed by atoms with Crippen molar-refractivity contribution in [2.24, 2.45) is 5.92 Å². The van der Waals surface area contributed by atoms with Crippen LogP contribution in [0.25, 0.3) is 0 Å². The van der Waals surface area contributed by atoms with Crippen LogP contribution in [0.2, 0.25) is 0 Å². The van der Waals surface area contributed by atoms with Crippen LogP contribution >= 0.6 is 0 Å². The fourth-order valence-corrected chi connectivity index (χ4v) is 2.60. The molecule has 0 atom stereocenters. The molecule has 122 valence electrons. The molecule has 0 aromatic heterocycles. The van der Waals surface area contributed by atoms with E-state index in [0.29, 0.717) is 0 Å². The molecule has 1 aliphatic carbocycles. The Bertz CT molecular complexity index is 650. The van der Waals surface area contributed by atoms with E-state index in [9.17, 15) is 0 Å². The van der Waals surface area contributed by atoms with E-state index >= 15 is 0 Å². The number of methoxy groups -OCH3 is 1. The summed E-state index contributed by atoms with van der Waals surface area (Å²) in [4.78, 5) is 0. The van der Waals surface area contributed by atoms with Crippen LogP contribution in [-0.4, -0.2) is 20.2 Å². The average molecular weight is 311 g/mol. The Balaban J connectivity index is 1.66. The number of ether oxygens (including phenoxy) is 2. The molecular weight excluding hydrogens is 286 g/mol. The van der Waals surface area contributed by atoms with Crippen molar-refractivity contribution >= 4 is 0 Å². The van der Waals surface area contributed by atoms with Crippen LogP contribution in [0, 0.1) is 12.8 Å². The van der Waals surface area contributed by atoms with E-state index < -0.39 is 0 Å². The van der Waals surface area contributed by atoms with Crippen molar-refractivity contribution in [2.75, 3.05) is 20.2 Å². The highest BCUT2D eigenvalue weighted by atomic mass is 16.5. The summed E-state index contributed by atoms with van der Waals surface area (Å²) >= 11 is 0. The second kappa shape index (κ2) is 7.51. The van der Waals surface area contributed by atoms with Gasteiger partial charge in [0.15, 0.2) is 0 Å². The summed E-state index contributed by atoms with van der Waals surface area (Å²) in [5.74, 6) is 3.51. The van der Waals surface area contributed by atoms with Crippen LogP contribution in [0.1, 0.15) is 24.0 Å². The topological polar surface area (TPSA) is 30.5 Å². The van der Waals surface area contributed by atoms with Gasteiger partial charge in [-0.25, -0.2) is 0 Å². The van der Waals surface area contributed by atoms with Gasteiger partial charge in [-0.3, -0.25) is 0 Å². The molecule has 0 amide bonds. The molecule has 3 heteroatoms. The van der Waals surface area contributed by atoms with Crippen molar-refractivity contribution < 1.29 is 9.47 Å². The van der Waals surface area contributed by atoms with E-state index in [1.54, 1.807) is 7.11 Å². The van der Waals surface area contributed by atoms with Crippen molar-refractivity contribution in [2.45, 2.75) is 26.2 Å². The molecule has 0 heterocycles. The fourth-order valence-electron chi connectivity index (χ4n) is 2.60. The quantitative estimate of drug-likeness (QED) is 0.736. The van der Waals surface area contributed by atoms with Gasteiger partial charge in [0, 0.05) is 6.07 Å². The van der Waals surface area contributed by atoms with Crippen LogP contribution < -0.4 is 14.8 Å². The normalized spacial score (nSPS) is 13.8. The Hall–Kier alpha value is -2.00. The number of para-hydroxylation sites is 1. The molecule has 0 radical (unpaired) electrons. The third-order valence-electron chi connectivity index (χ3n) is 4.29. The molecule has 1 N–H and O–H groups in total. The monoisotopic (exact) mass is 311 g/mol. The second-order valence-corrected chi connectivity index (χ2v) is 6.24. The molecule has 0 saturated heterocycles. The van der Waals surface area contributed by atoms with Crippen molar-refractivity contribution in [1.82, 2.24) is 5.32 Å². The van der Waals surface area contributed by atoms with Gasteiger partial charge in [0.05, 0.1) is 7.11 Å². The minimum absolute atomic E-state index is 0.814. The molecule has 23 heavy (non-hydrogen) atoms. The summed E-state index contributed by atoms with van der Waals surface area (Å²) in [7, 11) is 1.67. The maximum Gasteiger partial charge on any atom is 0.134 e. The second-order valence-electron chi connectivity index (χ2n) is 6.24. The first-order valence-corrected chi connectivity index (χ1v) is 8.37. The third-order valence-corrected chi connectivity index (χ3v) is 4.29. The lowest BCUT2D eigenvalue weighted by atomic mass is 10.1. The maximum atomic E-state index is 6.17. The van der Waals surface area contributed by atoms with E-state index in [1.165, 1.54) is 18.4 Å². The SMILES string of the molecule is COc1ccc(C)c(Oc2ccccc2CCNCC2CC2)c1. The van der Waals surface area contributed by atoms with E-state index in [-0.39, 0.29) is 0 Å². The Morgan fingerprint density at radius 1 is 1.09 bits per heavy atom. The van der Waals surface area contributed by atoms with Crippen molar-refractivity contribution in [1.29, 1.82) is 0 Å². The van der Waals surface area contributed by atoms with E-state index in [1.807, 2.05) is 30.3 Å². The minimum Gasteiger partial charge on any atom is -0.497 e. The van der Waals surface area contributed by atoms with Gasteiger partial charge in [0.25, 0.3) is 0 Å². The maximum absolute atomic E-state index is 6.17. The van der Waals surface area contributed by atoms with Crippen LogP contribution in [0.3, 0.4) is 0 Å². The molecular formula is C20H25NO2. The Morgan fingerprint density at radius 2 is 1.91 bits per heavy atom. The van der Waals surface area contributed by atoms with Gasteiger partial charge in [-0.15, -0.1) is 0 Å². The van der Waals surface area contributed by atoms with Crippen LogP contribution in [0.4, 0.5) is 0 Å². The van der Waals surface area contributed by atoms with Crippen molar-refractivity contribution in [3.05, 3.63) is 53.6 Å². The number of hydrogen-bond donors (Lipinski definition) is 1. The van der Waals surface area contributed by atoms with E-state index in [4.69, 9.17) is 9.47 Å². The number of nitrogens with one attached hydrogen (secondary N) is 1. The third kappa shape index (κ3) is 4.49. The van der Waals surface area contributed by atoms with Gasteiger partial charge in [-0.1, -0.05) is 24.3 Å². The average Bonchev–Trinajstić information content (AvgIpc) is 3.39. The lowest BCUT2D eigenvalue weighted by molar-refractivity contribution is 0.408. The molecule has 0 bridgehead atoms. The molecule has 1 saturated carbocycles. The molecule has 0 spiro atoms. The Morgan fingerprint density at radius 3 is 2.70 bits per heavy atom. The highest BCUT2D eigenvalue weighted by Gasteiger charge is 2.20. The number of hydrogen-bond acceptors (Lipinski definition) is 3. The van der Waals surface area contributed by atoms with E-state index in [2.05, 4.69) is 24.4 Å². The van der Waals surface area contributed by atoms with Gasteiger partial charge in [-0.2, -0.15) is 0 Å². The molecule has 0 unspecified atom stereocenters. The lowest BCUT2D eigenvalue weighted by Gasteiger charge is -2.14. The molecule has 1 aliphatic rings. The smallest absolute Gasteiger partial charge is 0.134 e. The lowest BCUT2D eigenvalue weighted by Crippen LogP contribution is -2.19. The summed E-state index contributed by atoms with van der Waals surface area (Å²) < 4.78 is 11.5. The first-order chi connectivity index (χ1) is 11.3. The molecule has 2 aromatic rings. The zero-order valence-corrected chi connectivity index (χ0v) is 14.0. The predicted octanol–water partition coefficient (Wildman–Crippen LogP) is 4.34. The minimum atomic E-state index is 0.814. The first-order valence-electron chi connectivity index (χ1n) is 8.37. The molecule has 1 fully saturated rings. The number of benzene rings is 2. The zero-order valence-electron chi connectivity index (χ0n) is 14.0. The summed E-state index contributed by atoms with van der Waals surface area (Å²) in [5.41, 5.74) is 2.34. The molecule has 3 nitrogen and oxygen atoms in total. The Labute approximate surface area is 138 Å². The van der Waals surface area contributed by atoms with Crippen molar-refractivity contribution in [3.8, 4) is 17.2 Å². The van der Waals surface area contributed by atoms with Gasteiger partial charge < -0.3 is 14.8 Å². The molecule has 2 aromatic carbocycles. The zero-order chi connectivity index (χ0) is 16.1. The predicted molar refractivity (Wildman–Crippen MR) is 93.5 cm³/mol. The first kappa shape index (κ1) is 15.9. The number of aryl methyl sites for hydroxylation is 1. The van der Waals surface area contributed by atoms with Gasteiger partial charge >= 0.3 is 0 Å². The summed E-state index contributed by atoms with van der Waals surface area (Å²) in [6.07, 6.45) is 3.76. The largest absolute Gasteiger partial charge is 0.497 e. The molecule has 3 rings (SSSR count). The van der Waals surface area contributed by atoms with Crippen LogP contribution in [0.15, 0.2) is 42.5 Å². The number of rotatable bonds is 8. The summed E-state index contributed by atoms with van der Waals surface area (Å²) in [6, 6.07) is 14.2. The van der Waals surface area contributed by atoms with Gasteiger partial charge in [0.2, 0.25) is 0 Å². The van der Waals surface area contributed by atoms with Crippen LogP contribution in [0.5, 0.6) is 17.2 Å². The summed E-state index contributed by atoms with van der Waals surface area (Å²) in [5, 5.41) is 3.54. The Kier molecular flexibility index (Phi) is 5.19. The highest BCUT2D eigenvalue weighted by molar-refractivity contribution is 5.44. The van der Waals surface area contributed by atoms with Gasteiger partial charge in [-0.05, 0) is 68.5 Å². The van der Waals surface area contributed by atoms with Crippen molar-refractivity contribution in [3.63, 3.8) is 0 Å². The fraction of sp³-hybridized carbons (Fsp3) is 0.400.